The maximum Gasteiger partial charge on any atom is 0.243 e. The molecule has 2 aromatic rings. The zero-order valence-electron chi connectivity index (χ0n) is 17.8. The van der Waals surface area contributed by atoms with Crippen molar-refractivity contribution < 1.29 is 4.79 Å². The third-order valence-electron chi connectivity index (χ3n) is 5.51. The number of guanidine groups is 1. The molecule has 1 heterocycles. The summed E-state index contributed by atoms with van der Waals surface area (Å²) in [5, 5.41) is 8.25. The lowest BCUT2D eigenvalue weighted by atomic mass is 9.96. The summed E-state index contributed by atoms with van der Waals surface area (Å²) in [4.78, 5) is 21.4. The summed E-state index contributed by atoms with van der Waals surface area (Å²) in [6.45, 7) is 3.07. The van der Waals surface area contributed by atoms with Crippen molar-refractivity contribution in [3.8, 4) is 0 Å². The molecule has 1 aliphatic rings. The number of likely N-dealkylation sites (N-methyl/N-ethyl adjacent to an activating group) is 1. The number of benzene rings is 1. The zero-order chi connectivity index (χ0) is 19.9. The van der Waals surface area contributed by atoms with E-state index in [0.29, 0.717) is 6.04 Å². The van der Waals surface area contributed by atoms with Crippen LogP contribution in [-0.2, 0) is 11.2 Å². The fourth-order valence-corrected chi connectivity index (χ4v) is 3.77. The van der Waals surface area contributed by atoms with Crippen LogP contribution in [0.1, 0.15) is 43.2 Å². The Morgan fingerprint density at radius 1 is 1.24 bits per heavy atom. The molecule has 1 aromatic heterocycles. The molecule has 1 fully saturated rings. The number of nitrogens with zero attached hydrogens (tertiary/aromatic N) is 2. The molecule has 0 spiro atoms. The number of fused-ring (bicyclic) bond motifs is 1. The number of rotatable bonds is 6. The minimum absolute atomic E-state index is 0. The Bertz CT molecular complexity index is 824. The number of aromatic nitrogens is 1. The Labute approximate surface area is 190 Å². The SMILES string of the molecule is Cc1cccc2c(CCNC(=NCC(=O)N(C)C)NC3CCCCC3)c[nH]c12.I. The number of hydrogen-bond donors (Lipinski definition) is 3. The molecule has 0 unspecified atom stereocenters. The van der Waals surface area contributed by atoms with Gasteiger partial charge in [-0.15, -0.1) is 24.0 Å². The number of carbonyl (C=O) groups excluding carboxylic acids is 1. The summed E-state index contributed by atoms with van der Waals surface area (Å²) >= 11 is 0. The third-order valence-corrected chi connectivity index (χ3v) is 5.51. The summed E-state index contributed by atoms with van der Waals surface area (Å²) in [6, 6.07) is 6.85. The normalized spacial score (nSPS) is 15.1. The molecule has 3 N–H and O–H groups in total. The van der Waals surface area contributed by atoms with Crippen molar-refractivity contribution in [2.75, 3.05) is 27.2 Å². The van der Waals surface area contributed by atoms with Gasteiger partial charge in [0.2, 0.25) is 5.91 Å². The number of nitrogens with one attached hydrogen (secondary N) is 3. The summed E-state index contributed by atoms with van der Waals surface area (Å²) < 4.78 is 0. The lowest BCUT2D eigenvalue weighted by Crippen LogP contribution is -2.45. The highest BCUT2D eigenvalue weighted by atomic mass is 127. The first kappa shape index (κ1) is 23.5. The van der Waals surface area contributed by atoms with Gasteiger partial charge in [-0.05, 0) is 37.3 Å². The van der Waals surface area contributed by atoms with Crippen molar-refractivity contribution in [1.29, 1.82) is 0 Å². The Balaban J connectivity index is 0.00000300. The molecular formula is C22H34IN5O. The van der Waals surface area contributed by atoms with E-state index in [9.17, 15) is 4.79 Å². The summed E-state index contributed by atoms with van der Waals surface area (Å²) in [7, 11) is 3.52. The molecule has 0 atom stereocenters. The second kappa shape index (κ2) is 11.4. The van der Waals surface area contributed by atoms with Gasteiger partial charge in [0.15, 0.2) is 5.96 Å². The van der Waals surface area contributed by atoms with E-state index in [4.69, 9.17) is 0 Å². The number of aromatic amines is 1. The van der Waals surface area contributed by atoms with Crippen molar-refractivity contribution >= 4 is 46.7 Å². The summed E-state index contributed by atoms with van der Waals surface area (Å²) in [6.07, 6.45) is 9.18. The Kier molecular flexibility index (Phi) is 9.26. The number of para-hydroxylation sites is 1. The average molecular weight is 511 g/mol. The number of hydrogen-bond acceptors (Lipinski definition) is 2. The molecular weight excluding hydrogens is 477 g/mol. The molecule has 0 bridgehead atoms. The zero-order valence-corrected chi connectivity index (χ0v) is 20.1. The first-order valence-electron chi connectivity index (χ1n) is 10.3. The number of aryl methyl sites for hydroxylation is 1. The number of H-pyrrole nitrogens is 1. The number of carbonyl (C=O) groups is 1. The second-order valence-corrected chi connectivity index (χ2v) is 7.92. The predicted molar refractivity (Wildman–Crippen MR) is 131 cm³/mol. The van der Waals surface area contributed by atoms with Gasteiger partial charge >= 0.3 is 0 Å². The first-order valence-corrected chi connectivity index (χ1v) is 10.3. The van der Waals surface area contributed by atoms with Crippen LogP contribution in [0, 0.1) is 6.92 Å². The lowest BCUT2D eigenvalue weighted by molar-refractivity contribution is -0.127. The van der Waals surface area contributed by atoms with Crippen molar-refractivity contribution in [2.24, 2.45) is 4.99 Å². The smallest absolute Gasteiger partial charge is 0.243 e. The largest absolute Gasteiger partial charge is 0.361 e. The summed E-state index contributed by atoms with van der Waals surface area (Å²) in [5.74, 6) is 0.759. The lowest BCUT2D eigenvalue weighted by Gasteiger charge is -2.25. The number of halogens is 1. The van der Waals surface area contributed by atoms with Crippen LogP contribution >= 0.6 is 24.0 Å². The van der Waals surface area contributed by atoms with Crippen LogP contribution in [0.25, 0.3) is 10.9 Å². The first-order chi connectivity index (χ1) is 13.5. The van der Waals surface area contributed by atoms with E-state index in [0.717, 1.165) is 18.9 Å². The van der Waals surface area contributed by atoms with E-state index in [1.807, 2.05) is 0 Å². The molecule has 29 heavy (non-hydrogen) atoms. The molecule has 7 heteroatoms. The maximum absolute atomic E-state index is 11.9. The Hall–Kier alpha value is -1.77. The summed E-state index contributed by atoms with van der Waals surface area (Å²) in [5.41, 5.74) is 3.77. The third kappa shape index (κ3) is 6.62. The highest BCUT2D eigenvalue weighted by Crippen LogP contribution is 2.21. The molecule has 1 amide bonds. The van der Waals surface area contributed by atoms with Gasteiger partial charge in [0, 0.05) is 43.8 Å². The molecule has 0 saturated heterocycles. The van der Waals surface area contributed by atoms with Crippen molar-refractivity contribution in [3.05, 3.63) is 35.5 Å². The molecule has 1 saturated carbocycles. The molecule has 0 radical (unpaired) electrons. The van der Waals surface area contributed by atoms with Crippen LogP contribution in [0.2, 0.25) is 0 Å². The average Bonchev–Trinajstić information content (AvgIpc) is 3.11. The fourth-order valence-electron chi connectivity index (χ4n) is 3.77. The van der Waals surface area contributed by atoms with Crippen molar-refractivity contribution in [1.82, 2.24) is 20.5 Å². The van der Waals surface area contributed by atoms with E-state index >= 15 is 0 Å². The molecule has 0 aliphatic heterocycles. The van der Waals surface area contributed by atoms with E-state index in [2.05, 4.69) is 51.9 Å². The van der Waals surface area contributed by atoms with Crippen LogP contribution < -0.4 is 10.6 Å². The Morgan fingerprint density at radius 3 is 2.72 bits per heavy atom. The van der Waals surface area contributed by atoms with E-state index in [1.54, 1.807) is 19.0 Å². The second-order valence-electron chi connectivity index (χ2n) is 7.92. The van der Waals surface area contributed by atoms with E-state index in [1.165, 1.54) is 54.1 Å². The van der Waals surface area contributed by atoms with Crippen molar-refractivity contribution in [3.63, 3.8) is 0 Å². The van der Waals surface area contributed by atoms with Crippen LogP contribution in [-0.4, -0.2) is 55.0 Å². The van der Waals surface area contributed by atoms with Gasteiger partial charge in [0.1, 0.15) is 6.54 Å². The van der Waals surface area contributed by atoms with E-state index in [-0.39, 0.29) is 36.4 Å². The molecule has 3 rings (SSSR count). The minimum atomic E-state index is 0. The maximum atomic E-state index is 11.9. The highest BCUT2D eigenvalue weighted by Gasteiger charge is 2.15. The highest BCUT2D eigenvalue weighted by molar-refractivity contribution is 14.0. The van der Waals surface area contributed by atoms with Crippen LogP contribution in [0.3, 0.4) is 0 Å². The standard InChI is InChI=1S/C22H33N5O.HI/c1-16-8-7-11-19-17(14-24-21(16)19)12-13-23-22(25-15-20(28)27(2)3)26-18-9-5-4-6-10-18;/h7-8,11,14,18,24H,4-6,9-10,12-13,15H2,1-3H3,(H2,23,25,26);1H. The molecule has 6 nitrogen and oxygen atoms in total. The van der Waals surface area contributed by atoms with Gasteiger partial charge in [-0.3, -0.25) is 4.79 Å². The van der Waals surface area contributed by atoms with Gasteiger partial charge in [-0.2, -0.15) is 0 Å². The van der Waals surface area contributed by atoms with Gasteiger partial charge in [0.05, 0.1) is 0 Å². The molecule has 1 aromatic carbocycles. The molecule has 1 aliphatic carbocycles. The molecule has 160 valence electrons. The van der Waals surface area contributed by atoms with Gasteiger partial charge < -0.3 is 20.5 Å². The van der Waals surface area contributed by atoms with Gasteiger partial charge in [-0.25, -0.2) is 4.99 Å². The predicted octanol–water partition coefficient (Wildman–Crippen LogP) is 3.59. The minimum Gasteiger partial charge on any atom is -0.361 e. The number of amides is 1. The van der Waals surface area contributed by atoms with Gasteiger partial charge in [0.25, 0.3) is 0 Å². The van der Waals surface area contributed by atoms with Gasteiger partial charge in [-0.1, -0.05) is 37.5 Å². The number of aliphatic imine (C=N–C) groups is 1. The quantitative estimate of drug-likeness (QED) is 0.316. The Morgan fingerprint density at radius 2 is 2.00 bits per heavy atom. The van der Waals surface area contributed by atoms with E-state index < -0.39 is 0 Å². The fraction of sp³-hybridized carbons (Fsp3) is 0.545. The van der Waals surface area contributed by atoms with Crippen LogP contribution in [0.5, 0.6) is 0 Å². The van der Waals surface area contributed by atoms with Crippen LogP contribution in [0.4, 0.5) is 0 Å². The monoisotopic (exact) mass is 511 g/mol. The topological polar surface area (TPSA) is 72.5 Å². The van der Waals surface area contributed by atoms with Crippen LogP contribution in [0.15, 0.2) is 29.4 Å². The van der Waals surface area contributed by atoms with Crippen molar-refractivity contribution in [2.45, 2.75) is 51.5 Å².